The van der Waals surface area contributed by atoms with E-state index in [1.54, 1.807) is 12.3 Å². The van der Waals surface area contributed by atoms with Gasteiger partial charge in [-0.25, -0.2) is 9.97 Å². The lowest BCUT2D eigenvalue weighted by Crippen LogP contribution is -2.20. The van der Waals surface area contributed by atoms with Gasteiger partial charge in [0.15, 0.2) is 0 Å². The highest BCUT2D eigenvalue weighted by Gasteiger charge is 2.22. The number of aromatic nitrogens is 2. The van der Waals surface area contributed by atoms with Gasteiger partial charge in [0.25, 0.3) is 5.91 Å². The van der Waals surface area contributed by atoms with Crippen molar-refractivity contribution in [2.75, 3.05) is 23.4 Å². The first-order valence-electron chi connectivity index (χ1n) is 8.97. The minimum Gasteiger partial charge on any atom is -0.494 e. The normalized spacial score (nSPS) is 12.6. The molecule has 0 saturated carbocycles. The summed E-state index contributed by atoms with van der Waals surface area (Å²) in [5.41, 5.74) is 3.39. The highest BCUT2D eigenvalue weighted by Crippen LogP contribution is 2.32. The number of amides is 1. The van der Waals surface area contributed by atoms with Crippen LogP contribution in [0.4, 0.5) is 17.3 Å². The molecule has 0 aliphatic carbocycles. The van der Waals surface area contributed by atoms with Gasteiger partial charge in [0.2, 0.25) is 5.95 Å². The highest BCUT2D eigenvalue weighted by molar-refractivity contribution is 6.03. The number of hydrogen-bond donors (Lipinski definition) is 1. The molecular formula is C21H20N4O2. The third-order valence-electron chi connectivity index (χ3n) is 4.43. The van der Waals surface area contributed by atoms with Crippen LogP contribution in [-0.2, 0) is 6.42 Å². The SMILES string of the molecule is CCOc1ccc(NC(=O)c2ccnc(N3CCc4ccccc43)n2)cc1. The van der Waals surface area contributed by atoms with Gasteiger partial charge in [-0.2, -0.15) is 0 Å². The third-order valence-corrected chi connectivity index (χ3v) is 4.43. The van der Waals surface area contributed by atoms with Crippen molar-refractivity contribution < 1.29 is 9.53 Å². The fourth-order valence-corrected chi connectivity index (χ4v) is 3.15. The molecule has 6 heteroatoms. The van der Waals surface area contributed by atoms with E-state index >= 15 is 0 Å². The van der Waals surface area contributed by atoms with Crippen LogP contribution in [0.3, 0.4) is 0 Å². The van der Waals surface area contributed by atoms with Gasteiger partial charge in [-0.1, -0.05) is 18.2 Å². The van der Waals surface area contributed by atoms with Gasteiger partial charge in [-0.3, -0.25) is 4.79 Å². The summed E-state index contributed by atoms with van der Waals surface area (Å²) >= 11 is 0. The molecule has 1 amide bonds. The molecule has 0 radical (unpaired) electrons. The molecule has 3 aromatic rings. The van der Waals surface area contributed by atoms with Crippen LogP contribution in [0, 0.1) is 0 Å². The lowest BCUT2D eigenvalue weighted by molar-refractivity contribution is 0.102. The van der Waals surface area contributed by atoms with Gasteiger partial charge < -0.3 is 15.0 Å². The Hall–Kier alpha value is -3.41. The molecule has 1 aliphatic heterocycles. The molecule has 0 atom stereocenters. The average Bonchev–Trinajstić information content (AvgIpc) is 3.14. The Kier molecular flexibility index (Phi) is 4.70. The molecule has 2 heterocycles. The zero-order chi connectivity index (χ0) is 18.6. The maximum absolute atomic E-state index is 12.6. The number of carbonyl (C=O) groups is 1. The Morgan fingerprint density at radius 1 is 1.15 bits per heavy atom. The summed E-state index contributed by atoms with van der Waals surface area (Å²) in [5.74, 6) is 1.04. The van der Waals surface area contributed by atoms with Crippen molar-refractivity contribution in [3.8, 4) is 5.75 Å². The van der Waals surface area contributed by atoms with Crippen LogP contribution in [0.25, 0.3) is 0 Å². The molecule has 4 rings (SSSR count). The molecule has 1 N–H and O–H groups in total. The summed E-state index contributed by atoms with van der Waals surface area (Å²) in [6.45, 7) is 3.35. The fraction of sp³-hybridized carbons (Fsp3) is 0.190. The van der Waals surface area contributed by atoms with Crippen LogP contribution in [0.1, 0.15) is 23.0 Å². The van der Waals surface area contributed by atoms with Gasteiger partial charge in [0.1, 0.15) is 11.4 Å². The number of para-hydroxylation sites is 1. The Bertz CT molecular complexity index is 956. The third kappa shape index (κ3) is 3.60. The number of nitrogens with zero attached hydrogens (tertiary/aromatic N) is 3. The monoisotopic (exact) mass is 360 g/mol. The number of hydrogen-bond acceptors (Lipinski definition) is 5. The fourth-order valence-electron chi connectivity index (χ4n) is 3.15. The lowest BCUT2D eigenvalue weighted by Gasteiger charge is -2.17. The van der Waals surface area contributed by atoms with E-state index in [1.165, 1.54) is 5.56 Å². The average molecular weight is 360 g/mol. The van der Waals surface area contributed by atoms with Crippen molar-refractivity contribution in [1.82, 2.24) is 9.97 Å². The van der Waals surface area contributed by atoms with Gasteiger partial charge >= 0.3 is 0 Å². The Morgan fingerprint density at radius 3 is 2.78 bits per heavy atom. The Balaban J connectivity index is 1.51. The number of nitrogens with one attached hydrogen (secondary N) is 1. The summed E-state index contributed by atoms with van der Waals surface area (Å²) < 4.78 is 5.41. The first-order valence-corrected chi connectivity index (χ1v) is 8.97. The smallest absolute Gasteiger partial charge is 0.274 e. The van der Waals surface area contributed by atoms with Gasteiger partial charge in [-0.15, -0.1) is 0 Å². The quantitative estimate of drug-likeness (QED) is 0.749. The molecule has 2 aromatic carbocycles. The minimum absolute atomic E-state index is 0.268. The molecule has 0 spiro atoms. The van der Waals surface area contributed by atoms with Crippen molar-refractivity contribution in [3.63, 3.8) is 0 Å². The molecule has 1 aliphatic rings. The summed E-state index contributed by atoms with van der Waals surface area (Å²) in [4.78, 5) is 23.5. The van der Waals surface area contributed by atoms with Crippen molar-refractivity contribution in [1.29, 1.82) is 0 Å². The van der Waals surface area contributed by atoms with Crippen molar-refractivity contribution in [2.24, 2.45) is 0 Å². The second-order valence-corrected chi connectivity index (χ2v) is 6.18. The zero-order valence-electron chi connectivity index (χ0n) is 15.1. The standard InChI is InChI=1S/C21H20N4O2/c1-2-27-17-9-7-16(8-10-17)23-20(26)18-11-13-22-21(24-18)25-14-12-15-5-3-4-6-19(15)25/h3-11,13H,2,12,14H2,1H3,(H,23,26). The second kappa shape index (κ2) is 7.45. The molecule has 0 saturated heterocycles. The van der Waals surface area contributed by atoms with Crippen molar-refractivity contribution in [3.05, 3.63) is 72.1 Å². The van der Waals surface area contributed by atoms with Crippen LogP contribution >= 0.6 is 0 Å². The van der Waals surface area contributed by atoms with E-state index < -0.39 is 0 Å². The zero-order valence-corrected chi connectivity index (χ0v) is 15.1. The summed E-state index contributed by atoms with van der Waals surface area (Å²) in [5, 5.41) is 2.86. The van der Waals surface area contributed by atoms with Crippen LogP contribution in [0.2, 0.25) is 0 Å². The van der Waals surface area contributed by atoms with E-state index in [-0.39, 0.29) is 5.91 Å². The summed E-state index contributed by atoms with van der Waals surface area (Å²) in [6, 6.07) is 17.1. The molecule has 27 heavy (non-hydrogen) atoms. The number of rotatable bonds is 5. The second-order valence-electron chi connectivity index (χ2n) is 6.18. The predicted octanol–water partition coefficient (Wildman–Crippen LogP) is 3.82. The number of ether oxygens (including phenoxy) is 1. The Labute approximate surface area is 157 Å². The molecular weight excluding hydrogens is 340 g/mol. The van der Waals surface area contributed by atoms with E-state index in [2.05, 4.69) is 27.4 Å². The number of carbonyl (C=O) groups excluding carboxylic acids is 1. The van der Waals surface area contributed by atoms with Gasteiger partial charge in [-0.05, 0) is 55.3 Å². The Morgan fingerprint density at radius 2 is 1.96 bits per heavy atom. The number of anilines is 3. The molecule has 6 nitrogen and oxygen atoms in total. The van der Waals surface area contributed by atoms with E-state index in [1.807, 2.05) is 48.2 Å². The predicted molar refractivity (Wildman–Crippen MR) is 105 cm³/mol. The highest BCUT2D eigenvalue weighted by atomic mass is 16.5. The molecule has 0 fully saturated rings. The van der Waals surface area contributed by atoms with E-state index in [0.29, 0.717) is 23.9 Å². The van der Waals surface area contributed by atoms with Gasteiger partial charge in [0, 0.05) is 24.1 Å². The summed E-state index contributed by atoms with van der Waals surface area (Å²) in [6.07, 6.45) is 2.57. The van der Waals surface area contributed by atoms with Crippen molar-refractivity contribution in [2.45, 2.75) is 13.3 Å². The largest absolute Gasteiger partial charge is 0.494 e. The lowest BCUT2D eigenvalue weighted by atomic mass is 10.2. The van der Waals surface area contributed by atoms with Gasteiger partial charge in [0.05, 0.1) is 6.61 Å². The first-order chi connectivity index (χ1) is 13.2. The maximum atomic E-state index is 12.6. The molecule has 136 valence electrons. The molecule has 0 bridgehead atoms. The minimum atomic E-state index is -0.268. The van der Waals surface area contributed by atoms with Crippen molar-refractivity contribution >= 4 is 23.2 Å². The molecule has 0 unspecified atom stereocenters. The van der Waals surface area contributed by atoms with Crippen LogP contribution < -0.4 is 15.0 Å². The van der Waals surface area contributed by atoms with Crippen LogP contribution in [0.5, 0.6) is 5.75 Å². The van der Waals surface area contributed by atoms with E-state index in [0.717, 1.165) is 24.4 Å². The van der Waals surface area contributed by atoms with E-state index in [9.17, 15) is 4.79 Å². The topological polar surface area (TPSA) is 67.3 Å². The number of benzene rings is 2. The van der Waals surface area contributed by atoms with Crippen LogP contribution in [-0.4, -0.2) is 29.0 Å². The summed E-state index contributed by atoms with van der Waals surface area (Å²) in [7, 11) is 0. The maximum Gasteiger partial charge on any atom is 0.274 e. The first kappa shape index (κ1) is 17.0. The van der Waals surface area contributed by atoms with Crippen LogP contribution in [0.15, 0.2) is 60.8 Å². The van der Waals surface area contributed by atoms with E-state index in [4.69, 9.17) is 4.74 Å². The number of fused-ring (bicyclic) bond motifs is 1. The molecule has 1 aromatic heterocycles.